The largest absolute Gasteiger partial charge is 0.256 e. The number of pyridine rings is 2. The Kier molecular flexibility index (Phi) is 4.27. The molecule has 27 heavy (non-hydrogen) atoms. The van der Waals surface area contributed by atoms with Crippen LogP contribution in [0.2, 0.25) is 0 Å². The standard InChI is InChI=1S/C25H25N2/c1-16-10-11-24(26-14-16)23-15-27(5)25(21-9-7-6-8-20(21)23)22-13-17(2)12-18(3)19(22)4/h6-15H,1-5H3/q+1. The van der Waals surface area contributed by atoms with E-state index < -0.39 is 0 Å². The van der Waals surface area contributed by atoms with Gasteiger partial charge in [0, 0.05) is 11.6 Å². The molecule has 0 aliphatic heterocycles. The zero-order valence-corrected chi connectivity index (χ0v) is 16.7. The molecule has 0 fully saturated rings. The van der Waals surface area contributed by atoms with Crippen molar-refractivity contribution < 1.29 is 4.57 Å². The number of rotatable bonds is 2. The number of aromatic nitrogens is 2. The van der Waals surface area contributed by atoms with Gasteiger partial charge in [-0.1, -0.05) is 35.9 Å². The van der Waals surface area contributed by atoms with Gasteiger partial charge in [-0.2, -0.15) is 4.57 Å². The molecule has 2 nitrogen and oxygen atoms in total. The molecule has 134 valence electrons. The van der Waals surface area contributed by atoms with E-state index in [2.05, 4.69) is 99.0 Å². The van der Waals surface area contributed by atoms with Gasteiger partial charge in [0.1, 0.15) is 7.05 Å². The van der Waals surface area contributed by atoms with Crippen LogP contribution in [0.1, 0.15) is 22.3 Å². The molecule has 0 unspecified atom stereocenters. The molecule has 2 heterocycles. The number of aryl methyl sites for hydroxylation is 4. The lowest BCUT2D eigenvalue weighted by Gasteiger charge is -2.13. The maximum absolute atomic E-state index is 4.67. The Labute approximate surface area is 161 Å². The maximum Gasteiger partial charge on any atom is 0.220 e. The number of nitrogens with zero attached hydrogens (tertiary/aromatic N) is 2. The van der Waals surface area contributed by atoms with Gasteiger partial charge in [-0.15, -0.1) is 0 Å². The van der Waals surface area contributed by atoms with E-state index in [0.29, 0.717) is 0 Å². The van der Waals surface area contributed by atoms with Gasteiger partial charge in [0.15, 0.2) is 6.20 Å². The molecule has 0 aliphatic carbocycles. The quantitative estimate of drug-likeness (QED) is 0.427. The SMILES string of the molecule is Cc1ccc(-c2c[n+](C)c(-c3cc(C)cc(C)c3C)c3ccccc23)nc1. The zero-order valence-electron chi connectivity index (χ0n) is 16.7. The fourth-order valence-electron chi connectivity index (χ4n) is 3.89. The van der Waals surface area contributed by atoms with E-state index >= 15 is 0 Å². The Balaban J connectivity index is 2.07. The summed E-state index contributed by atoms with van der Waals surface area (Å²) in [5.74, 6) is 0. The third-order valence-electron chi connectivity index (χ3n) is 5.40. The molecule has 0 saturated heterocycles. The molecule has 2 aromatic heterocycles. The van der Waals surface area contributed by atoms with Gasteiger partial charge in [-0.25, -0.2) is 0 Å². The lowest BCUT2D eigenvalue weighted by molar-refractivity contribution is -0.658. The summed E-state index contributed by atoms with van der Waals surface area (Å²) in [6.45, 7) is 8.65. The smallest absolute Gasteiger partial charge is 0.220 e. The zero-order chi connectivity index (χ0) is 19.1. The van der Waals surface area contributed by atoms with Crippen molar-refractivity contribution in [1.82, 2.24) is 4.98 Å². The Hall–Kier alpha value is -3.00. The molecule has 0 N–H and O–H groups in total. The lowest BCUT2D eigenvalue weighted by Crippen LogP contribution is -2.31. The van der Waals surface area contributed by atoms with Crippen LogP contribution in [0, 0.1) is 27.7 Å². The maximum atomic E-state index is 4.67. The Morgan fingerprint density at radius 1 is 0.778 bits per heavy atom. The second kappa shape index (κ2) is 6.62. The highest BCUT2D eigenvalue weighted by molar-refractivity contribution is 6.01. The molecule has 0 atom stereocenters. The van der Waals surface area contributed by atoms with Gasteiger partial charge in [0.05, 0.1) is 22.2 Å². The van der Waals surface area contributed by atoms with E-state index in [9.17, 15) is 0 Å². The van der Waals surface area contributed by atoms with Gasteiger partial charge in [-0.3, -0.25) is 4.98 Å². The second-order valence-electron chi connectivity index (χ2n) is 7.52. The Bertz CT molecular complexity index is 1160. The van der Waals surface area contributed by atoms with Crippen LogP contribution in [0.25, 0.3) is 33.3 Å². The van der Waals surface area contributed by atoms with Crippen LogP contribution in [0.15, 0.2) is 60.9 Å². The predicted octanol–water partition coefficient (Wildman–Crippen LogP) is 5.63. The number of hydrogen-bond donors (Lipinski definition) is 0. The van der Waals surface area contributed by atoms with E-state index in [-0.39, 0.29) is 0 Å². The minimum atomic E-state index is 1.01. The molecule has 2 aromatic carbocycles. The van der Waals surface area contributed by atoms with Crippen LogP contribution < -0.4 is 4.57 Å². The molecule has 4 aromatic rings. The van der Waals surface area contributed by atoms with Crippen molar-refractivity contribution in [3.8, 4) is 22.5 Å². The molecule has 0 radical (unpaired) electrons. The molecule has 2 heteroatoms. The molecular formula is C25H25N2+. The summed E-state index contributed by atoms with van der Waals surface area (Å²) < 4.78 is 2.25. The van der Waals surface area contributed by atoms with Crippen molar-refractivity contribution >= 4 is 10.8 Å². The number of benzene rings is 2. The van der Waals surface area contributed by atoms with E-state index in [1.54, 1.807) is 0 Å². The molecule has 0 spiro atoms. The van der Waals surface area contributed by atoms with Crippen molar-refractivity contribution in [2.45, 2.75) is 27.7 Å². The van der Waals surface area contributed by atoms with Crippen molar-refractivity contribution in [1.29, 1.82) is 0 Å². The van der Waals surface area contributed by atoms with Gasteiger partial charge >= 0.3 is 0 Å². The van der Waals surface area contributed by atoms with Crippen molar-refractivity contribution in [3.63, 3.8) is 0 Å². The van der Waals surface area contributed by atoms with Crippen molar-refractivity contribution in [3.05, 3.63) is 83.2 Å². The summed E-state index contributed by atoms with van der Waals surface area (Å²) in [6, 6.07) is 17.4. The molecule has 0 amide bonds. The van der Waals surface area contributed by atoms with Crippen LogP contribution >= 0.6 is 0 Å². The molecule has 0 saturated carbocycles. The Morgan fingerprint density at radius 3 is 2.22 bits per heavy atom. The fourth-order valence-corrected chi connectivity index (χ4v) is 3.89. The van der Waals surface area contributed by atoms with E-state index in [0.717, 1.165) is 5.69 Å². The summed E-state index contributed by atoms with van der Waals surface area (Å²) in [5.41, 5.74) is 9.87. The summed E-state index contributed by atoms with van der Waals surface area (Å²) in [6.07, 6.45) is 4.15. The Morgan fingerprint density at radius 2 is 1.52 bits per heavy atom. The highest BCUT2D eigenvalue weighted by Gasteiger charge is 2.21. The second-order valence-corrected chi connectivity index (χ2v) is 7.52. The number of hydrogen-bond acceptors (Lipinski definition) is 1. The molecular weight excluding hydrogens is 328 g/mol. The van der Waals surface area contributed by atoms with Gasteiger partial charge in [-0.05, 0) is 62.6 Å². The highest BCUT2D eigenvalue weighted by Crippen LogP contribution is 2.34. The first kappa shape index (κ1) is 17.4. The topological polar surface area (TPSA) is 16.8 Å². The summed E-state index contributed by atoms with van der Waals surface area (Å²) in [4.78, 5) is 4.67. The fraction of sp³-hybridized carbons (Fsp3) is 0.200. The predicted molar refractivity (Wildman–Crippen MR) is 113 cm³/mol. The summed E-state index contributed by atoms with van der Waals surface area (Å²) in [5, 5.41) is 2.49. The average molecular weight is 353 g/mol. The van der Waals surface area contributed by atoms with Crippen LogP contribution in [0.4, 0.5) is 0 Å². The minimum absolute atomic E-state index is 1.01. The van der Waals surface area contributed by atoms with Gasteiger partial charge < -0.3 is 0 Å². The number of fused-ring (bicyclic) bond motifs is 1. The molecule has 0 bridgehead atoms. The molecule has 4 rings (SSSR count). The monoisotopic (exact) mass is 353 g/mol. The third-order valence-corrected chi connectivity index (χ3v) is 5.40. The van der Waals surface area contributed by atoms with Crippen LogP contribution in [-0.2, 0) is 7.05 Å². The van der Waals surface area contributed by atoms with E-state index in [4.69, 9.17) is 0 Å². The van der Waals surface area contributed by atoms with Gasteiger partial charge in [0.2, 0.25) is 5.69 Å². The van der Waals surface area contributed by atoms with Gasteiger partial charge in [0.25, 0.3) is 0 Å². The first-order valence-corrected chi connectivity index (χ1v) is 9.38. The van der Waals surface area contributed by atoms with Crippen LogP contribution in [0.3, 0.4) is 0 Å². The van der Waals surface area contributed by atoms with Crippen molar-refractivity contribution in [2.24, 2.45) is 7.05 Å². The average Bonchev–Trinajstić information content (AvgIpc) is 2.65. The van der Waals surface area contributed by atoms with Crippen LogP contribution in [-0.4, -0.2) is 4.98 Å². The van der Waals surface area contributed by atoms with E-state index in [1.165, 1.54) is 49.8 Å². The van der Waals surface area contributed by atoms with E-state index in [1.807, 2.05) is 6.20 Å². The highest BCUT2D eigenvalue weighted by atomic mass is 14.9. The lowest BCUT2D eigenvalue weighted by atomic mass is 9.93. The first-order valence-electron chi connectivity index (χ1n) is 9.38. The normalized spacial score (nSPS) is 11.1. The minimum Gasteiger partial charge on any atom is -0.256 e. The first-order chi connectivity index (χ1) is 13.0. The summed E-state index contributed by atoms with van der Waals surface area (Å²) >= 11 is 0. The third kappa shape index (κ3) is 3.02. The van der Waals surface area contributed by atoms with Crippen LogP contribution in [0.5, 0.6) is 0 Å². The van der Waals surface area contributed by atoms with Crippen molar-refractivity contribution in [2.75, 3.05) is 0 Å². The molecule has 0 aliphatic rings. The summed E-state index contributed by atoms with van der Waals surface area (Å²) in [7, 11) is 2.14.